The van der Waals surface area contributed by atoms with Gasteiger partial charge in [-0.2, -0.15) is 0 Å². The molecule has 2 N–H and O–H groups in total. The summed E-state index contributed by atoms with van der Waals surface area (Å²) in [5.41, 5.74) is 3.01. The minimum atomic E-state index is -0.0858. The predicted molar refractivity (Wildman–Crippen MR) is 107 cm³/mol. The van der Waals surface area contributed by atoms with Gasteiger partial charge in [0.25, 0.3) is 0 Å². The van der Waals surface area contributed by atoms with Crippen molar-refractivity contribution in [3.8, 4) is 5.75 Å². The van der Waals surface area contributed by atoms with E-state index in [0.29, 0.717) is 48.5 Å². The van der Waals surface area contributed by atoms with Gasteiger partial charge in [0.15, 0.2) is 17.0 Å². The Kier molecular flexibility index (Phi) is 7.66. The molecule has 1 amide bonds. The van der Waals surface area contributed by atoms with Crippen LogP contribution in [-0.4, -0.2) is 34.9 Å². The summed E-state index contributed by atoms with van der Waals surface area (Å²) in [7, 11) is 1.60. The van der Waals surface area contributed by atoms with E-state index in [-0.39, 0.29) is 5.91 Å². The number of halogens is 1. The summed E-state index contributed by atoms with van der Waals surface area (Å²) in [6.45, 7) is 6.67. The first-order valence-electron chi connectivity index (χ1n) is 8.77. The molecule has 1 aromatic heterocycles. The molecule has 1 heterocycles. The number of aromatic nitrogens is 1. The van der Waals surface area contributed by atoms with E-state index in [9.17, 15) is 4.79 Å². The minimum Gasteiger partial charge on any atom is -0.494 e. The SMILES string of the molecule is C=C(CCC(=O)N(N)CCCCBr)c1ccc(OC)c2nc(CC)oc12. The van der Waals surface area contributed by atoms with Gasteiger partial charge in [-0.25, -0.2) is 10.8 Å². The van der Waals surface area contributed by atoms with E-state index in [1.165, 1.54) is 5.01 Å². The van der Waals surface area contributed by atoms with Gasteiger partial charge in [0.1, 0.15) is 5.75 Å². The van der Waals surface area contributed by atoms with Crippen LogP contribution in [0.1, 0.15) is 44.1 Å². The van der Waals surface area contributed by atoms with Crippen molar-refractivity contribution in [3.63, 3.8) is 0 Å². The molecule has 2 aromatic rings. The Balaban J connectivity index is 2.08. The second kappa shape index (κ2) is 9.73. The molecular formula is C19H26BrN3O3. The minimum absolute atomic E-state index is 0.0858. The van der Waals surface area contributed by atoms with Crippen molar-refractivity contribution in [2.45, 2.75) is 39.0 Å². The molecule has 0 atom stereocenters. The topological polar surface area (TPSA) is 81.6 Å². The smallest absolute Gasteiger partial charge is 0.236 e. The average molecular weight is 424 g/mol. The molecule has 142 valence electrons. The molecular weight excluding hydrogens is 398 g/mol. The van der Waals surface area contributed by atoms with Crippen molar-refractivity contribution in [1.29, 1.82) is 0 Å². The van der Waals surface area contributed by atoms with Gasteiger partial charge >= 0.3 is 0 Å². The maximum Gasteiger partial charge on any atom is 0.236 e. The van der Waals surface area contributed by atoms with E-state index in [0.717, 1.165) is 29.3 Å². The average Bonchev–Trinajstić information content (AvgIpc) is 3.09. The van der Waals surface area contributed by atoms with Crippen molar-refractivity contribution in [2.75, 3.05) is 19.0 Å². The van der Waals surface area contributed by atoms with Crippen LogP contribution in [0.2, 0.25) is 0 Å². The zero-order chi connectivity index (χ0) is 19.1. The summed E-state index contributed by atoms with van der Waals surface area (Å²) >= 11 is 3.37. The number of methoxy groups -OCH3 is 1. The maximum atomic E-state index is 12.2. The Morgan fingerprint density at radius 1 is 1.38 bits per heavy atom. The number of benzene rings is 1. The Hall–Kier alpha value is -1.86. The summed E-state index contributed by atoms with van der Waals surface area (Å²) < 4.78 is 11.2. The number of hydrogen-bond acceptors (Lipinski definition) is 5. The van der Waals surface area contributed by atoms with Gasteiger partial charge in [-0.05, 0) is 37.0 Å². The highest BCUT2D eigenvalue weighted by Crippen LogP contribution is 2.33. The first kappa shape index (κ1) is 20.5. The fourth-order valence-electron chi connectivity index (χ4n) is 2.66. The highest BCUT2D eigenvalue weighted by molar-refractivity contribution is 9.09. The summed E-state index contributed by atoms with van der Waals surface area (Å²) in [5.74, 6) is 7.05. The Morgan fingerprint density at radius 2 is 2.15 bits per heavy atom. The molecule has 0 fully saturated rings. The van der Waals surface area contributed by atoms with Crippen LogP contribution in [0.3, 0.4) is 0 Å². The number of unbranched alkanes of at least 4 members (excludes halogenated alkanes) is 1. The number of alkyl halides is 1. The molecule has 0 saturated carbocycles. The number of nitrogens with two attached hydrogens (primary N) is 1. The normalized spacial score (nSPS) is 10.9. The zero-order valence-electron chi connectivity index (χ0n) is 15.4. The number of nitrogens with zero attached hydrogens (tertiary/aromatic N) is 2. The van der Waals surface area contributed by atoms with E-state index in [1.807, 2.05) is 19.1 Å². The highest BCUT2D eigenvalue weighted by Gasteiger charge is 2.17. The van der Waals surface area contributed by atoms with Gasteiger partial charge in [0.05, 0.1) is 7.11 Å². The van der Waals surface area contributed by atoms with Crippen LogP contribution >= 0.6 is 15.9 Å². The standard InChI is InChI=1S/C19H26BrN3O3/c1-4-16-22-18-15(25-3)9-8-14(19(18)26-16)13(2)7-10-17(24)23(21)12-6-5-11-20/h8-9H,2,4-7,10-12,21H2,1,3H3. The van der Waals surface area contributed by atoms with Crippen molar-refractivity contribution in [1.82, 2.24) is 9.99 Å². The van der Waals surface area contributed by atoms with E-state index in [2.05, 4.69) is 27.5 Å². The van der Waals surface area contributed by atoms with Crippen LogP contribution in [0.4, 0.5) is 0 Å². The number of carbonyl (C=O) groups is 1. The second-order valence-corrected chi connectivity index (χ2v) is 6.83. The molecule has 2 rings (SSSR count). The fraction of sp³-hybridized carbons (Fsp3) is 0.474. The lowest BCUT2D eigenvalue weighted by Gasteiger charge is -2.16. The molecule has 1 aromatic carbocycles. The Morgan fingerprint density at radius 3 is 2.81 bits per heavy atom. The largest absolute Gasteiger partial charge is 0.494 e. The lowest BCUT2D eigenvalue weighted by molar-refractivity contribution is -0.131. The molecule has 0 aliphatic carbocycles. The van der Waals surface area contributed by atoms with Gasteiger partial charge < -0.3 is 9.15 Å². The van der Waals surface area contributed by atoms with Crippen LogP contribution in [-0.2, 0) is 11.2 Å². The third-order valence-corrected chi connectivity index (χ3v) is 4.76. The lowest BCUT2D eigenvalue weighted by Crippen LogP contribution is -2.38. The maximum absolute atomic E-state index is 12.2. The highest BCUT2D eigenvalue weighted by atomic mass is 79.9. The molecule has 7 heteroatoms. The first-order valence-corrected chi connectivity index (χ1v) is 9.89. The quantitative estimate of drug-likeness (QED) is 0.204. The summed E-state index contributed by atoms with van der Waals surface area (Å²) in [6.07, 6.45) is 3.38. The van der Waals surface area contributed by atoms with Crippen LogP contribution in [0.15, 0.2) is 23.1 Å². The molecule has 0 aliphatic rings. The number of ether oxygens (including phenoxy) is 1. The molecule has 26 heavy (non-hydrogen) atoms. The number of fused-ring (bicyclic) bond motifs is 1. The number of amides is 1. The van der Waals surface area contributed by atoms with Gasteiger partial charge in [-0.15, -0.1) is 0 Å². The molecule has 0 spiro atoms. The van der Waals surface area contributed by atoms with Gasteiger partial charge in [-0.3, -0.25) is 9.80 Å². The van der Waals surface area contributed by atoms with Crippen LogP contribution in [0, 0.1) is 0 Å². The third kappa shape index (κ3) is 4.86. The van der Waals surface area contributed by atoms with Crippen molar-refractivity contribution >= 4 is 38.5 Å². The van der Waals surface area contributed by atoms with Gasteiger partial charge in [0, 0.05) is 30.3 Å². The summed E-state index contributed by atoms with van der Waals surface area (Å²) in [6, 6.07) is 3.75. The van der Waals surface area contributed by atoms with Crippen LogP contribution in [0.5, 0.6) is 5.75 Å². The Labute approximate surface area is 162 Å². The Bertz CT molecular complexity index is 773. The second-order valence-electron chi connectivity index (χ2n) is 6.04. The number of allylic oxidation sites excluding steroid dienone is 1. The molecule has 0 aliphatic heterocycles. The zero-order valence-corrected chi connectivity index (χ0v) is 17.0. The van der Waals surface area contributed by atoms with E-state index in [1.54, 1.807) is 7.11 Å². The number of hydrogen-bond donors (Lipinski definition) is 1. The molecule has 0 saturated heterocycles. The number of aryl methyl sites for hydroxylation is 1. The van der Waals surface area contributed by atoms with E-state index in [4.69, 9.17) is 15.0 Å². The molecule has 0 unspecified atom stereocenters. The van der Waals surface area contributed by atoms with E-state index < -0.39 is 0 Å². The van der Waals surface area contributed by atoms with Crippen LogP contribution < -0.4 is 10.6 Å². The summed E-state index contributed by atoms with van der Waals surface area (Å²) in [4.78, 5) is 16.7. The van der Waals surface area contributed by atoms with Gasteiger partial charge in [0.2, 0.25) is 5.91 Å². The van der Waals surface area contributed by atoms with Crippen molar-refractivity contribution < 1.29 is 13.9 Å². The summed E-state index contributed by atoms with van der Waals surface area (Å²) in [5, 5.41) is 2.21. The monoisotopic (exact) mass is 423 g/mol. The van der Waals surface area contributed by atoms with Crippen molar-refractivity contribution in [3.05, 3.63) is 30.2 Å². The fourth-order valence-corrected chi connectivity index (χ4v) is 3.06. The number of oxazole rings is 1. The number of hydrazine groups is 1. The first-order chi connectivity index (χ1) is 12.5. The lowest BCUT2D eigenvalue weighted by atomic mass is 10.0. The third-order valence-electron chi connectivity index (χ3n) is 4.20. The number of rotatable bonds is 10. The number of carbonyl (C=O) groups excluding carboxylic acids is 1. The predicted octanol–water partition coefficient (Wildman–Crippen LogP) is 4.07. The van der Waals surface area contributed by atoms with E-state index >= 15 is 0 Å². The van der Waals surface area contributed by atoms with Gasteiger partial charge in [-0.1, -0.05) is 29.4 Å². The molecule has 0 radical (unpaired) electrons. The molecule has 0 bridgehead atoms. The van der Waals surface area contributed by atoms with Crippen molar-refractivity contribution in [2.24, 2.45) is 5.84 Å². The molecule has 6 nitrogen and oxygen atoms in total. The van der Waals surface area contributed by atoms with Crippen LogP contribution in [0.25, 0.3) is 16.7 Å².